The fourth-order valence-corrected chi connectivity index (χ4v) is 10.9. The predicted octanol–water partition coefficient (Wildman–Crippen LogP) is 7.89. The van der Waals surface area contributed by atoms with Crippen LogP contribution in [0.1, 0.15) is 33.1 Å². The third-order valence-electron chi connectivity index (χ3n) is 6.34. The molecule has 0 amide bonds. The Labute approximate surface area is 277 Å². The number of carbonyl (C=O) groups excluding carboxylic acids is 1. The van der Waals surface area contributed by atoms with Gasteiger partial charge >= 0.3 is 208 Å². The summed E-state index contributed by atoms with van der Waals surface area (Å²) in [5, 5.41) is 3.72. The predicted molar refractivity (Wildman–Crippen MR) is 160 cm³/mol. The molecule has 48 heavy (non-hydrogen) atoms. The van der Waals surface area contributed by atoms with Crippen molar-refractivity contribution in [3.05, 3.63) is 80.0 Å². The maximum absolute atomic E-state index is 14.9. The molecule has 1 unspecified atom stereocenters. The summed E-state index contributed by atoms with van der Waals surface area (Å²) in [5.74, 6) is -7.55. The van der Waals surface area contributed by atoms with E-state index in [2.05, 4.69) is 11.3 Å². The normalized spacial score (nSPS) is 14.5. The standard InChI is InChI=1S/C29H31F10IO7S/c1-19(2)16-23(17-25(42,27(32,33)34)28(35,36)37)46-24(41)20(3)18-45-15-14-26(30,31)29(38,39)48(43,44)47-40(21-10-6-4-7-11-21)22-12-8-5-9-13-22/h4-13,19,23,42H,3,14-18H2,1-2H3. The zero-order chi connectivity index (χ0) is 36.8. The smallest absolute Gasteiger partial charge is 0.373 e. The van der Waals surface area contributed by atoms with E-state index in [1.54, 1.807) is 12.1 Å². The average molecular weight is 841 g/mol. The third kappa shape index (κ3) is 10.3. The van der Waals surface area contributed by atoms with Crippen LogP contribution in [0.25, 0.3) is 0 Å². The van der Waals surface area contributed by atoms with Gasteiger partial charge in [-0.05, 0) is 12.3 Å². The number of hydrogen-bond acceptors (Lipinski definition) is 7. The van der Waals surface area contributed by atoms with Crippen molar-refractivity contribution in [2.24, 2.45) is 5.92 Å². The Balaban J connectivity index is 2.09. The Morgan fingerprint density at radius 2 is 1.31 bits per heavy atom. The Morgan fingerprint density at radius 3 is 1.73 bits per heavy atom. The topological polar surface area (TPSA) is 99.1 Å². The molecule has 2 rings (SSSR count). The Morgan fingerprint density at radius 1 is 0.854 bits per heavy atom. The molecule has 0 saturated carbocycles. The number of hydrogen-bond donors (Lipinski definition) is 1. The van der Waals surface area contributed by atoms with Crippen LogP contribution in [0.15, 0.2) is 72.8 Å². The average Bonchev–Trinajstić information content (AvgIpc) is 2.97. The molecular formula is C29H31F10IO7S. The summed E-state index contributed by atoms with van der Waals surface area (Å²) in [6.07, 6.45) is -19.2. The van der Waals surface area contributed by atoms with Crippen LogP contribution in [-0.4, -0.2) is 67.9 Å². The van der Waals surface area contributed by atoms with Gasteiger partial charge in [-0.1, -0.05) is 13.8 Å². The molecule has 7 nitrogen and oxygen atoms in total. The number of aliphatic hydroxyl groups is 1. The number of halogens is 11. The van der Waals surface area contributed by atoms with Gasteiger partial charge in [-0.3, -0.25) is 0 Å². The van der Waals surface area contributed by atoms with E-state index in [1.165, 1.54) is 62.4 Å². The van der Waals surface area contributed by atoms with Gasteiger partial charge in [0, 0.05) is 6.42 Å². The van der Waals surface area contributed by atoms with Gasteiger partial charge in [0.1, 0.15) is 0 Å². The van der Waals surface area contributed by atoms with Gasteiger partial charge in [-0.2, -0.15) is 26.3 Å². The molecule has 0 heterocycles. The summed E-state index contributed by atoms with van der Waals surface area (Å²) in [4.78, 5) is 12.3. The Kier molecular flexibility index (Phi) is 13.9. The van der Waals surface area contributed by atoms with E-state index < -0.39 is 116 Å². The second kappa shape index (κ2) is 16.0. The van der Waals surface area contributed by atoms with Crippen LogP contribution in [0.2, 0.25) is 0 Å². The molecule has 0 aliphatic rings. The minimum atomic E-state index is -6.28. The Hall–Kier alpha value is -2.49. The van der Waals surface area contributed by atoms with Crippen LogP contribution in [0.3, 0.4) is 0 Å². The number of rotatable bonds is 17. The first-order chi connectivity index (χ1) is 21.9. The van der Waals surface area contributed by atoms with Crippen LogP contribution >= 0.6 is 20.2 Å². The SMILES string of the molecule is C=C(COCCC(F)(F)C(F)(F)S(=O)(=O)OI(c1ccccc1)c1ccccc1)C(=O)OC(CC(C)C)CC(O)(C(F)(F)F)C(F)(F)F. The minimum Gasteiger partial charge on any atom is -0.373 e. The van der Waals surface area contributed by atoms with Crippen molar-refractivity contribution in [3.8, 4) is 0 Å². The fraction of sp³-hybridized carbons (Fsp3) is 0.483. The van der Waals surface area contributed by atoms with E-state index in [0.717, 1.165) is 0 Å². The van der Waals surface area contributed by atoms with Gasteiger partial charge in [0.15, 0.2) is 0 Å². The first-order valence-corrected chi connectivity index (χ1v) is 18.1. The van der Waals surface area contributed by atoms with Gasteiger partial charge < -0.3 is 5.11 Å². The first kappa shape index (κ1) is 41.7. The van der Waals surface area contributed by atoms with E-state index in [-0.39, 0.29) is 7.14 Å². The number of carbonyl (C=O) groups is 1. The summed E-state index contributed by atoms with van der Waals surface area (Å²) in [6.45, 7) is 3.49. The van der Waals surface area contributed by atoms with E-state index in [4.69, 9.17) is 7.25 Å². The van der Waals surface area contributed by atoms with Gasteiger partial charge in [0.05, 0.1) is 0 Å². The molecule has 0 spiro atoms. The molecule has 0 radical (unpaired) electrons. The molecule has 0 aromatic heterocycles. The van der Waals surface area contributed by atoms with Crippen molar-refractivity contribution in [2.75, 3.05) is 13.2 Å². The van der Waals surface area contributed by atoms with Crippen LogP contribution in [0, 0.1) is 13.1 Å². The second-order valence-electron chi connectivity index (χ2n) is 10.7. The van der Waals surface area contributed by atoms with Gasteiger partial charge in [-0.25, -0.2) is 0 Å². The summed E-state index contributed by atoms with van der Waals surface area (Å²) >= 11 is -3.72. The van der Waals surface area contributed by atoms with Crippen LogP contribution in [0.5, 0.6) is 0 Å². The van der Waals surface area contributed by atoms with Gasteiger partial charge in [-0.15, -0.1) is 0 Å². The quantitative estimate of drug-likeness (QED) is 0.0569. The van der Waals surface area contributed by atoms with Crippen molar-refractivity contribution >= 4 is 36.3 Å². The number of ether oxygens (including phenoxy) is 2. The van der Waals surface area contributed by atoms with Crippen LogP contribution in [-0.2, 0) is 26.9 Å². The molecule has 0 bridgehead atoms. The summed E-state index contributed by atoms with van der Waals surface area (Å²) in [5.41, 5.74) is -6.07. The molecule has 272 valence electrons. The molecule has 0 aliphatic carbocycles. The van der Waals surface area contributed by atoms with Crippen LogP contribution in [0.4, 0.5) is 43.9 Å². The molecule has 2 aromatic carbocycles. The molecule has 0 fully saturated rings. The van der Waals surface area contributed by atoms with Crippen molar-refractivity contribution in [2.45, 2.75) is 68.3 Å². The molecule has 0 aliphatic heterocycles. The van der Waals surface area contributed by atoms with E-state index >= 15 is 0 Å². The molecule has 19 heteroatoms. The first-order valence-electron chi connectivity index (χ1n) is 13.7. The zero-order valence-corrected chi connectivity index (χ0v) is 28.1. The van der Waals surface area contributed by atoms with E-state index in [1.807, 2.05) is 0 Å². The molecule has 2 aromatic rings. The molecule has 0 saturated heterocycles. The van der Waals surface area contributed by atoms with Crippen molar-refractivity contribution in [1.29, 1.82) is 0 Å². The third-order valence-corrected chi connectivity index (χ3v) is 13.8. The summed E-state index contributed by atoms with van der Waals surface area (Å²) in [6, 6.07) is 14.6. The molecule has 1 atom stereocenters. The molecule has 1 N–H and O–H groups in total. The minimum absolute atomic E-state index is 0.210. The van der Waals surface area contributed by atoms with E-state index in [9.17, 15) is 62.2 Å². The zero-order valence-electron chi connectivity index (χ0n) is 25.1. The second-order valence-corrected chi connectivity index (χ2v) is 17.2. The number of alkyl halides is 10. The Bertz CT molecular complexity index is 1420. The summed E-state index contributed by atoms with van der Waals surface area (Å²) < 4.78 is 178. The van der Waals surface area contributed by atoms with Crippen molar-refractivity contribution in [1.82, 2.24) is 0 Å². The number of esters is 1. The summed E-state index contributed by atoms with van der Waals surface area (Å²) in [7, 11) is -6.28. The monoisotopic (exact) mass is 840 g/mol. The van der Waals surface area contributed by atoms with Gasteiger partial charge in [0.2, 0.25) is 0 Å². The fourth-order valence-electron chi connectivity index (χ4n) is 3.82. The van der Waals surface area contributed by atoms with Crippen molar-refractivity contribution < 1.29 is 74.2 Å². The van der Waals surface area contributed by atoms with Crippen LogP contribution < -0.4 is 0 Å². The van der Waals surface area contributed by atoms with Crippen molar-refractivity contribution in [3.63, 3.8) is 0 Å². The van der Waals surface area contributed by atoms with E-state index in [0.29, 0.717) is 0 Å². The molecular weight excluding hydrogens is 809 g/mol. The maximum atomic E-state index is 14.9. The number of benzene rings is 2. The van der Waals surface area contributed by atoms with Gasteiger partial charge in [0.25, 0.3) is 5.60 Å².